The van der Waals surface area contributed by atoms with Crippen LogP contribution in [-0.2, 0) is 9.47 Å². The lowest BCUT2D eigenvalue weighted by Crippen LogP contribution is -2.60. The zero-order valence-electron chi connectivity index (χ0n) is 22.4. The van der Waals surface area contributed by atoms with Crippen molar-refractivity contribution in [3.8, 4) is 40.1 Å². The molecule has 0 aliphatic carbocycles. The summed E-state index contributed by atoms with van der Waals surface area (Å²) in [6.45, 7) is -1.45. The Balaban J connectivity index is 1.41. The van der Waals surface area contributed by atoms with Gasteiger partial charge in [-0.15, -0.1) is 0 Å². The molecule has 11 N–H and O–H groups in total. The van der Waals surface area contributed by atoms with Crippen molar-refractivity contribution in [2.45, 2.75) is 61.4 Å². The average Bonchev–Trinajstić information content (AvgIpc) is 2.99. The van der Waals surface area contributed by atoms with Crippen molar-refractivity contribution >= 4 is 11.0 Å². The van der Waals surface area contributed by atoms with Crippen molar-refractivity contribution in [3.63, 3.8) is 0 Å². The molecule has 3 aromatic rings. The zero-order valence-corrected chi connectivity index (χ0v) is 22.4. The molecule has 2 fully saturated rings. The van der Waals surface area contributed by atoms with Crippen LogP contribution in [-0.4, -0.2) is 131 Å². The minimum Gasteiger partial charge on any atom is -0.504 e. The third kappa shape index (κ3) is 5.61. The van der Waals surface area contributed by atoms with Gasteiger partial charge in [0.1, 0.15) is 65.6 Å². The molecular formula is C27H30O17. The van der Waals surface area contributed by atoms with Crippen molar-refractivity contribution in [1.82, 2.24) is 0 Å². The Morgan fingerprint density at radius 2 is 1.25 bits per heavy atom. The van der Waals surface area contributed by atoms with Crippen LogP contribution in [0, 0.1) is 0 Å². The molecule has 0 amide bonds. The van der Waals surface area contributed by atoms with Gasteiger partial charge in [-0.3, -0.25) is 4.79 Å². The predicted molar refractivity (Wildman–Crippen MR) is 142 cm³/mol. The second-order valence-electron chi connectivity index (χ2n) is 10.2. The summed E-state index contributed by atoms with van der Waals surface area (Å²) in [6, 6.07) is 5.52. The van der Waals surface area contributed by atoms with E-state index in [1.807, 2.05) is 0 Å². The van der Waals surface area contributed by atoms with Gasteiger partial charge in [-0.2, -0.15) is 0 Å². The standard InChI is InChI=1S/C27H30O17/c28-6-15-18(33)21(36)23(38)26(42-15)41-12-2-1-8(3-9(12)30)13-4-10(31)17-14(40-13)5-11(32)25(20(17)35)44-27-24(39)22(37)19(34)16(7-29)43-27/h1-5,15-16,18-19,21-24,26-30,32-39H,6-7H2/t15-,16+,18-,19+,21+,22-,23-,24+,26-,27-/m0/s1. The van der Waals surface area contributed by atoms with Crippen molar-refractivity contribution in [2.75, 3.05) is 13.2 Å². The third-order valence-electron chi connectivity index (χ3n) is 7.34. The van der Waals surface area contributed by atoms with E-state index in [0.29, 0.717) is 0 Å². The molecule has 0 bridgehead atoms. The van der Waals surface area contributed by atoms with E-state index in [1.165, 1.54) is 12.1 Å². The molecule has 0 spiro atoms. The van der Waals surface area contributed by atoms with Crippen molar-refractivity contribution < 1.29 is 79.5 Å². The summed E-state index contributed by atoms with van der Waals surface area (Å²) in [7, 11) is 0. The van der Waals surface area contributed by atoms with E-state index in [9.17, 15) is 61.0 Å². The van der Waals surface area contributed by atoms with E-state index in [-0.39, 0.29) is 22.7 Å². The van der Waals surface area contributed by atoms with Crippen LogP contribution >= 0.6 is 0 Å². The Kier molecular flexibility index (Phi) is 8.87. The lowest BCUT2D eigenvalue weighted by molar-refractivity contribution is -0.277. The Morgan fingerprint density at radius 3 is 1.80 bits per heavy atom. The van der Waals surface area contributed by atoms with Crippen LogP contribution in [0.15, 0.2) is 39.5 Å². The second-order valence-corrected chi connectivity index (χ2v) is 10.2. The molecule has 0 radical (unpaired) electrons. The number of fused-ring (bicyclic) bond motifs is 1. The number of hydrogen-bond acceptors (Lipinski definition) is 17. The highest BCUT2D eigenvalue weighted by Crippen LogP contribution is 2.43. The predicted octanol–water partition coefficient (Wildman–Crippen LogP) is -3.07. The van der Waals surface area contributed by atoms with Gasteiger partial charge in [0.2, 0.25) is 18.3 Å². The molecule has 44 heavy (non-hydrogen) atoms. The fourth-order valence-corrected chi connectivity index (χ4v) is 4.87. The first kappa shape index (κ1) is 31.7. The molecule has 0 saturated carbocycles. The highest BCUT2D eigenvalue weighted by Gasteiger charge is 2.46. The number of aliphatic hydroxyl groups excluding tert-OH is 8. The number of phenolic OH excluding ortho intramolecular Hbond substituents is 3. The fourth-order valence-electron chi connectivity index (χ4n) is 4.87. The van der Waals surface area contributed by atoms with Crippen LogP contribution < -0.4 is 14.9 Å². The van der Waals surface area contributed by atoms with E-state index < -0.39 is 108 Å². The molecule has 2 aliphatic rings. The molecule has 1 aromatic heterocycles. The molecule has 2 aliphatic heterocycles. The van der Waals surface area contributed by atoms with Gasteiger partial charge >= 0.3 is 0 Å². The van der Waals surface area contributed by atoms with Crippen LogP contribution in [0.5, 0.6) is 28.7 Å². The molecule has 2 aromatic carbocycles. The summed E-state index contributed by atoms with van der Waals surface area (Å²) in [5, 5.41) is 110. The summed E-state index contributed by atoms with van der Waals surface area (Å²) in [4.78, 5) is 13.0. The summed E-state index contributed by atoms with van der Waals surface area (Å²) in [5.41, 5.74) is -1.05. The number of hydrogen-bond donors (Lipinski definition) is 11. The molecule has 240 valence electrons. The van der Waals surface area contributed by atoms with Crippen LogP contribution in [0.4, 0.5) is 0 Å². The molecule has 2 saturated heterocycles. The van der Waals surface area contributed by atoms with E-state index in [2.05, 4.69) is 0 Å². The van der Waals surface area contributed by atoms with E-state index in [4.69, 9.17) is 23.4 Å². The van der Waals surface area contributed by atoms with Gasteiger partial charge in [-0.05, 0) is 18.2 Å². The summed E-state index contributed by atoms with van der Waals surface area (Å²) < 4.78 is 26.9. The molecule has 10 atom stereocenters. The largest absolute Gasteiger partial charge is 0.504 e. The Morgan fingerprint density at radius 1 is 0.682 bits per heavy atom. The second kappa shape index (κ2) is 12.3. The first-order valence-electron chi connectivity index (χ1n) is 13.2. The van der Waals surface area contributed by atoms with Crippen molar-refractivity contribution in [3.05, 3.63) is 40.6 Å². The topological polar surface area (TPSA) is 290 Å². The van der Waals surface area contributed by atoms with Crippen molar-refractivity contribution in [2.24, 2.45) is 0 Å². The summed E-state index contributed by atoms with van der Waals surface area (Å²) in [5.74, 6) is -3.34. The SMILES string of the molecule is O=c1cc(-c2ccc(O[C@H]3O[C@@H](CO)[C@H](O)[C@@H](O)[C@@H]3O)c(O)c2)oc2cc(O)c(O[C@@H]3O[C@H](CO)[C@@H](O)[C@H](O)[C@H]3O)c(O)c12. The van der Waals surface area contributed by atoms with E-state index in [1.54, 1.807) is 0 Å². The minimum absolute atomic E-state index is 0.114. The Bertz CT molecular complexity index is 1550. The summed E-state index contributed by atoms with van der Waals surface area (Å²) in [6.07, 6.45) is -16.4. The van der Waals surface area contributed by atoms with Crippen molar-refractivity contribution in [1.29, 1.82) is 0 Å². The number of phenols is 3. The number of aliphatic hydroxyl groups is 8. The van der Waals surface area contributed by atoms with Crippen LogP contribution in [0.3, 0.4) is 0 Å². The van der Waals surface area contributed by atoms with E-state index >= 15 is 0 Å². The van der Waals surface area contributed by atoms with Gasteiger partial charge in [-0.1, -0.05) is 0 Å². The maximum atomic E-state index is 13.0. The third-order valence-corrected chi connectivity index (χ3v) is 7.34. The van der Waals surface area contributed by atoms with Crippen LogP contribution in [0.25, 0.3) is 22.3 Å². The van der Waals surface area contributed by atoms with Gasteiger partial charge in [-0.25, -0.2) is 0 Å². The summed E-state index contributed by atoms with van der Waals surface area (Å²) >= 11 is 0. The van der Waals surface area contributed by atoms with Crippen LogP contribution in [0.2, 0.25) is 0 Å². The number of benzene rings is 2. The molecule has 0 unspecified atom stereocenters. The smallest absolute Gasteiger partial charge is 0.229 e. The zero-order chi connectivity index (χ0) is 32.0. The van der Waals surface area contributed by atoms with Gasteiger partial charge in [0.15, 0.2) is 28.4 Å². The number of aromatic hydroxyl groups is 3. The number of rotatable bonds is 7. The lowest BCUT2D eigenvalue weighted by Gasteiger charge is -2.39. The fraction of sp³-hybridized carbons (Fsp3) is 0.444. The Hall–Kier alpha value is -3.75. The maximum Gasteiger partial charge on any atom is 0.229 e. The average molecular weight is 627 g/mol. The Labute approximate surface area is 246 Å². The first-order valence-corrected chi connectivity index (χ1v) is 13.2. The number of ether oxygens (including phenoxy) is 4. The van der Waals surface area contributed by atoms with Gasteiger partial charge in [0.25, 0.3) is 0 Å². The van der Waals surface area contributed by atoms with Gasteiger partial charge < -0.3 is 79.5 Å². The molecule has 3 heterocycles. The highest BCUT2D eigenvalue weighted by atomic mass is 16.7. The van der Waals surface area contributed by atoms with Gasteiger partial charge in [0.05, 0.1) is 13.2 Å². The van der Waals surface area contributed by atoms with E-state index in [0.717, 1.165) is 18.2 Å². The maximum absolute atomic E-state index is 13.0. The molecule has 17 heteroatoms. The minimum atomic E-state index is -1.87. The highest BCUT2D eigenvalue weighted by molar-refractivity contribution is 5.89. The monoisotopic (exact) mass is 626 g/mol. The van der Waals surface area contributed by atoms with Gasteiger partial charge in [0, 0.05) is 17.7 Å². The molecular weight excluding hydrogens is 596 g/mol. The lowest BCUT2D eigenvalue weighted by atomic mass is 9.99. The normalized spacial score (nSPS) is 32.5. The quantitative estimate of drug-likeness (QED) is 0.124. The van der Waals surface area contributed by atoms with Crippen LogP contribution in [0.1, 0.15) is 0 Å². The first-order chi connectivity index (χ1) is 20.9. The molecule has 5 rings (SSSR count). The molecule has 17 nitrogen and oxygen atoms in total.